The van der Waals surface area contributed by atoms with E-state index in [2.05, 4.69) is 239 Å². The van der Waals surface area contributed by atoms with Crippen LogP contribution in [0.15, 0.2) is 198 Å². The predicted octanol–water partition coefficient (Wildman–Crippen LogP) is 30.5. The molecule has 0 amide bonds. The lowest BCUT2D eigenvalue weighted by Crippen LogP contribution is -2.00. The summed E-state index contributed by atoms with van der Waals surface area (Å²) in [7, 11) is -4.36. The van der Waals surface area contributed by atoms with Crippen molar-refractivity contribution in [2.24, 2.45) is 5.92 Å². The van der Waals surface area contributed by atoms with E-state index in [4.69, 9.17) is 9.79 Å². The maximum Gasteiger partial charge on any atom is 0.469 e. The molecule has 538 valence electrons. The Morgan fingerprint density at radius 1 is 0.242 bits per heavy atom. The molecule has 5 heteroatoms. The second kappa shape index (κ2) is 58.6. The summed E-state index contributed by atoms with van der Waals surface area (Å²) in [5, 5.41) is 0. The third kappa shape index (κ3) is 62.9. The van der Waals surface area contributed by atoms with Gasteiger partial charge in [0.15, 0.2) is 0 Å². The lowest BCUT2D eigenvalue weighted by molar-refractivity contribution is 0.185. The SMILES string of the molecule is CC(C)=CCC/C(C)=C/CC/C(C)=C/CC/C(C)=C\CC/C(C)=C\CC/C(C)=C\CC/C(C)=C\CC/C(C)=C\CC/C(C)=C\CC/C(C)=C\CC/C(C)=C\CC/C(C)=C\CC/C(C)=C\CC/C(C)=C\CC/C(C)=C\CC/C(C)=C\CC/C(C)=C\CCC(C)CCOP(=O)(O)O. The van der Waals surface area contributed by atoms with Gasteiger partial charge in [0, 0.05) is 0 Å². The minimum Gasteiger partial charge on any atom is -0.303 e. The quantitative estimate of drug-likeness (QED) is 0.0470. The molecule has 0 radical (unpaired) electrons. The molecule has 0 bridgehead atoms. The lowest BCUT2D eigenvalue weighted by atomic mass is 10.0. The molecule has 0 aromatic heterocycles. The average Bonchev–Trinajstić information content (AvgIpc) is 3.71. The van der Waals surface area contributed by atoms with Crippen LogP contribution in [-0.2, 0) is 9.09 Å². The van der Waals surface area contributed by atoms with Gasteiger partial charge in [-0.15, -0.1) is 0 Å². The van der Waals surface area contributed by atoms with Crippen LogP contribution < -0.4 is 0 Å². The predicted molar refractivity (Wildman–Crippen MR) is 428 cm³/mol. The number of hydrogen-bond acceptors (Lipinski definition) is 2. The largest absolute Gasteiger partial charge is 0.469 e. The summed E-state index contributed by atoms with van der Waals surface area (Å²) < 4.78 is 15.4. The van der Waals surface area contributed by atoms with E-state index in [-0.39, 0.29) is 6.61 Å². The van der Waals surface area contributed by atoms with Gasteiger partial charge in [-0.3, -0.25) is 4.52 Å². The van der Waals surface area contributed by atoms with Gasteiger partial charge in [-0.1, -0.05) is 205 Å². The Hall–Kier alpha value is -4.31. The number of phosphoric acid groups is 1. The van der Waals surface area contributed by atoms with Crippen LogP contribution in [0.1, 0.15) is 356 Å². The van der Waals surface area contributed by atoms with Gasteiger partial charge in [0.1, 0.15) is 0 Å². The summed E-state index contributed by atoms with van der Waals surface area (Å²) in [5.41, 5.74) is 25.6. The summed E-state index contributed by atoms with van der Waals surface area (Å²) in [6.45, 7) is 43.3. The molecule has 0 rings (SSSR count). The smallest absolute Gasteiger partial charge is 0.303 e. The van der Waals surface area contributed by atoms with Crippen LogP contribution in [0.25, 0.3) is 0 Å². The molecular formula is C90H149O4P. The van der Waals surface area contributed by atoms with E-state index >= 15 is 0 Å². The fraction of sp³-hybridized carbons (Fsp3) is 0.622. The summed E-state index contributed by atoms with van der Waals surface area (Å²) in [6.07, 6.45) is 80.9. The van der Waals surface area contributed by atoms with E-state index in [1.165, 1.54) is 140 Å². The first-order valence-electron chi connectivity index (χ1n) is 38.0. The molecule has 0 aliphatic rings. The molecule has 0 saturated heterocycles. The molecule has 1 unspecified atom stereocenters. The van der Waals surface area contributed by atoms with Crippen molar-refractivity contribution >= 4 is 7.82 Å². The van der Waals surface area contributed by atoms with Gasteiger partial charge in [-0.05, 0) is 355 Å². The Morgan fingerprint density at radius 3 is 0.516 bits per heavy atom. The Morgan fingerprint density at radius 2 is 0.379 bits per heavy atom. The van der Waals surface area contributed by atoms with Gasteiger partial charge < -0.3 is 9.79 Å². The summed E-state index contributed by atoms with van der Waals surface area (Å²) in [6, 6.07) is 0. The molecule has 0 aliphatic heterocycles. The molecule has 0 aromatic rings. The molecule has 95 heavy (non-hydrogen) atoms. The van der Waals surface area contributed by atoms with Gasteiger partial charge in [-0.25, -0.2) is 4.57 Å². The van der Waals surface area contributed by atoms with Crippen molar-refractivity contribution in [1.29, 1.82) is 0 Å². The van der Waals surface area contributed by atoms with E-state index < -0.39 is 7.82 Å². The van der Waals surface area contributed by atoms with Crippen LogP contribution in [0.4, 0.5) is 0 Å². The highest BCUT2D eigenvalue weighted by molar-refractivity contribution is 7.46. The van der Waals surface area contributed by atoms with Gasteiger partial charge in [0.25, 0.3) is 0 Å². The van der Waals surface area contributed by atoms with Crippen LogP contribution >= 0.6 is 7.82 Å². The standard InChI is InChI=1S/C90H149O4P/c1-73(2)37-20-38-74(3)39-21-40-75(4)41-22-42-76(5)43-23-44-77(6)45-24-46-78(7)47-25-48-79(8)49-26-50-80(9)51-27-52-81(10)53-28-54-82(11)55-29-56-83(12)57-30-58-84(13)59-31-60-85(14)61-32-62-86(15)63-33-64-87(16)65-34-66-88(17)67-35-68-89(18)69-36-70-90(19)71-72-94-95(91,92)93/h37,39,41,43,45,47,49,51,53,55,57,59,61,63,65,67,69,90H,20-36,38,40,42,44,46,48,50,52,54,56,58,60,62,64,66,68,70-72H2,1-19H3,(H2,91,92,93)/b74-39+,75-41+,76-43-,77-45-,78-47-,79-49-,80-51-,81-53-,82-55-,83-57-,84-59-,85-61-,86-63-,87-65-,88-67-,89-69-. The fourth-order valence-electron chi connectivity index (χ4n) is 11.5. The minimum absolute atomic E-state index is 0.105. The summed E-state index contributed by atoms with van der Waals surface area (Å²) in [4.78, 5) is 17.7. The molecule has 0 heterocycles. The summed E-state index contributed by atoms with van der Waals surface area (Å²) >= 11 is 0. The molecule has 0 aliphatic carbocycles. The van der Waals surface area contributed by atoms with E-state index in [0.717, 1.165) is 173 Å². The van der Waals surface area contributed by atoms with Gasteiger partial charge in [-0.2, -0.15) is 0 Å². The third-order valence-corrected chi connectivity index (χ3v) is 19.1. The molecule has 0 saturated carbocycles. The highest BCUT2D eigenvalue weighted by Gasteiger charge is 2.14. The highest BCUT2D eigenvalue weighted by atomic mass is 31.2. The monoisotopic (exact) mass is 1330 g/mol. The first-order chi connectivity index (χ1) is 45.1. The van der Waals surface area contributed by atoms with E-state index in [1.807, 2.05) is 0 Å². The maximum absolute atomic E-state index is 10.9. The lowest BCUT2D eigenvalue weighted by Gasteiger charge is -2.11. The first kappa shape index (κ1) is 90.7. The van der Waals surface area contributed by atoms with Crippen molar-refractivity contribution in [2.75, 3.05) is 6.61 Å². The zero-order valence-electron chi connectivity index (χ0n) is 65.5. The van der Waals surface area contributed by atoms with E-state index in [0.29, 0.717) is 12.3 Å². The zero-order chi connectivity index (χ0) is 71.1. The van der Waals surface area contributed by atoms with Crippen LogP contribution in [-0.4, -0.2) is 16.4 Å². The first-order valence-corrected chi connectivity index (χ1v) is 39.5. The zero-order valence-corrected chi connectivity index (χ0v) is 66.4. The van der Waals surface area contributed by atoms with Gasteiger partial charge in [0.2, 0.25) is 0 Å². The van der Waals surface area contributed by atoms with Crippen molar-refractivity contribution in [3.8, 4) is 0 Å². The molecule has 4 nitrogen and oxygen atoms in total. The molecule has 1 atom stereocenters. The Bertz CT molecular complexity index is 2720. The van der Waals surface area contributed by atoms with Crippen molar-refractivity contribution in [3.05, 3.63) is 198 Å². The van der Waals surface area contributed by atoms with E-state index in [9.17, 15) is 4.57 Å². The van der Waals surface area contributed by atoms with Gasteiger partial charge in [0.05, 0.1) is 6.61 Å². The van der Waals surface area contributed by atoms with Crippen LogP contribution in [0.5, 0.6) is 0 Å². The molecular weight excluding hydrogens is 1180 g/mol. The Kier molecular flexibility index (Phi) is 56.0. The van der Waals surface area contributed by atoms with Crippen molar-refractivity contribution in [2.45, 2.75) is 356 Å². The van der Waals surface area contributed by atoms with Crippen molar-refractivity contribution in [1.82, 2.24) is 0 Å². The van der Waals surface area contributed by atoms with Crippen LogP contribution in [0, 0.1) is 5.92 Å². The third-order valence-electron chi connectivity index (χ3n) is 18.6. The van der Waals surface area contributed by atoms with Gasteiger partial charge >= 0.3 is 7.82 Å². The summed E-state index contributed by atoms with van der Waals surface area (Å²) in [5.74, 6) is 0.372. The van der Waals surface area contributed by atoms with Crippen molar-refractivity contribution < 1.29 is 18.9 Å². The van der Waals surface area contributed by atoms with Crippen LogP contribution in [0.2, 0.25) is 0 Å². The highest BCUT2D eigenvalue weighted by Crippen LogP contribution is 2.36. The fourth-order valence-corrected chi connectivity index (χ4v) is 11.9. The number of hydrogen-bond donors (Lipinski definition) is 2. The molecule has 0 fully saturated rings. The maximum atomic E-state index is 10.9. The second-order valence-electron chi connectivity index (χ2n) is 29.5. The molecule has 2 N–H and O–H groups in total. The number of allylic oxidation sites excluding steroid dienone is 34. The Balaban J connectivity index is 4.34. The molecule has 0 spiro atoms. The van der Waals surface area contributed by atoms with E-state index in [1.54, 1.807) is 0 Å². The second-order valence-corrected chi connectivity index (χ2v) is 30.7. The minimum atomic E-state index is -4.36. The number of phosphoric ester groups is 1. The Labute approximate surface area is 590 Å². The average molecular weight is 1330 g/mol. The molecule has 0 aromatic carbocycles. The number of rotatable bonds is 55. The van der Waals surface area contributed by atoms with Crippen molar-refractivity contribution in [3.63, 3.8) is 0 Å². The normalized spacial score (nSPS) is 15.5. The van der Waals surface area contributed by atoms with Crippen LogP contribution in [0.3, 0.4) is 0 Å². The topological polar surface area (TPSA) is 66.8 Å².